The Balaban J connectivity index is 1.58. The quantitative estimate of drug-likeness (QED) is 0.847. The Hall–Kier alpha value is -2.37. The molecule has 25 heavy (non-hydrogen) atoms. The minimum Gasteiger partial charge on any atom is -0.491 e. The molecule has 2 aromatic carbocycles. The number of aryl methyl sites for hydroxylation is 1. The van der Waals surface area contributed by atoms with Gasteiger partial charge in [0.25, 0.3) is 0 Å². The average Bonchev–Trinajstić information content (AvgIpc) is 3.14. The molecule has 0 bridgehead atoms. The number of anilines is 1. The van der Waals surface area contributed by atoms with Crippen LogP contribution >= 0.6 is 0 Å². The minimum absolute atomic E-state index is 0.160. The Kier molecular flexibility index (Phi) is 5.68. The number of ether oxygens (including phenoxy) is 2. The minimum atomic E-state index is -0.711. The molecule has 0 radical (unpaired) electrons. The molecule has 1 aliphatic heterocycles. The van der Waals surface area contributed by atoms with Crippen LogP contribution in [0.3, 0.4) is 0 Å². The van der Waals surface area contributed by atoms with Crippen molar-refractivity contribution >= 4 is 11.6 Å². The highest BCUT2D eigenvalue weighted by atomic mass is 16.5. The smallest absolute Gasteiger partial charge is 0.245 e. The monoisotopic (exact) mass is 340 g/mol. The maximum atomic E-state index is 12.4. The van der Waals surface area contributed by atoms with Crippen molar-refractivity contribution in [3.63, 3.8) is 0 Å². The number of hydrogen-bond donors (Lipinski definition) is 2. The van der Waals surface area contributed by atoms with Crippen LogP contribution in [-0.2, 0) is 9.53 Å². The molecule has 0 aromatic heterocycles. The summed E-state index contributed by atoms with van der Waals surface area (Å²) in [6.07, 6.45) is 2.27. The molecule has 1 heterocycles. The van der Waals surface area contributed by atoms with Gasteiger partial charge in [-0.3, -0.25) is 4.79 Å². The Morgan fingerprint density at radius 3 is 2.84 bits per heavy atom. The fraction of sp³-hybridized carbons (Fsp3) is 0.350. The van der Waals surface area contributed by atoms with Gasteiger partial charge in [-0.05, 0) is 37.5 Å². The van der Waals surface area contributed by atoms with Gasteiger partial charge in [0, 0.05) is 18.4 Å². The van der Waals surface area contributed by atoms with Crippen LogP contribution in [-0.4, -0.2) is 25.2 Å². The normalized spacial score (nSPS) is 17.9. The summed E-state index contributed by atoms with van der Waals surface area (Å²) in [5, 5.41) is 2.85. The van der Waals surface area contributed by atoms with E-state index in [0.717, 1.165) is 30.6 Å². The maximum Gasteiger partial charge on any atom is 0.245 e. The fourth-order valence-corrected chi connectivity index (χ4v) is 2.77. The number of benzene rings is 2. The van der Waals surface area contributed by atoms with Crippen LogP contribution in [0.25, 0.3) is 0 Å². The average molecular weight is 340 g/mol. The van der Waals surface area contributed by atoms with Crippen molar-refractivity contribution in [3.8, 4) is 5.75 Å². The van der Waals surface area contributed by atoms with E-state index in [2.05, 4.69) is 5.32 Å². The topological polar surface area (TPSA) is 73.6 Å². The summed E-state index contributed by atoms with van der Waals surface area (Å²) >= 11 is 0. The molecule has 0 saturated carbocycles. The molecular formula is C20H24N2O3. The Bertz CT molecular complexity index is 709. The number of nitrogens with two attached hydrogens (primary N) is 1. The third-order valence-electron chi connectivity index (χ3n) is 4.28. The van der Waals surface area contributed by atoms with Crippen molar-refractivity contribution in [3.05, 3.63) is 59.7 Å². The highest BCUT2D eigenvalue weighted by Gasteiger charge is 2.17. The third-order valence-corrected chi connectivity index (χ3v) is 4.28. The zero-order valence-electron chi connectivity index (χ0n) is 14.4. The first-order valence-electron chi connectivity index (χ1n) is 8.59. The van der Waals surface area contributed by atoms with E-state index in [1.54, 1.807) is 6.07 Å². The van der Waals surface area contributed by atoms with Gasteiger partial charge in [-0.2, -0.15) is 0 Å². The summed E-state index contributed by atoms with van der Waals surface area (Å²) in [4.78, 5) is 12.4. The van der Waals surface area contributed by atoms with Crippen LogP contribution in [0.15, 0.2) is 48.5 Å². The van der Waals surface area contributed by atoms with Gasteiger partial charge in [-0.1, -0.05) is 35.9 Å². The lowest BCUT2D eigenvalue weighted by molar-refractivity contribution is -0.117. The largest absolute Gasteiger partial charge is 0.491 e. The number of carbonyl (C=O) groups excluding carboxylic acids is 1. The van der Waals surface area contributed by atoms with E-state index in [0.29, 0.717) is 18.0 Å². The van der Waals surface area contributed by atoms with Crippen molar-refractivity contribution in [2.45, 2.75) is 31.9 Å². The molecule has 132 valence electrons. The zero-order valence-corrected chi connectivity index (χ0v) is 14.4. The van der Waals surface area contributed by atoms with Crippen molar-refractivity contribution in [2.75, 3.05) is 18.5 Å². The molecule has 5 heteroatoms. The van der Waals surface area contributed by atoms with Crippen LogP contribution in [0.5, 0.6) is 5.75 Å². The third kappa shape index (κ3) is 4.81. The summed E-state index contributed by atoms with van der Waals surface area (Å²) < 4.78 is 11.3. The molecule has 1 amide bonds. The predicted molar refractivity (Wildman–Crippen MR) is 97.6 cm³/mol. The number of nitrogens with one attached hydrogen (secondary N) is 1. The van der Waals surface area contributed by atoms with Crippen LogP contribution in [0.1, 0.15) is 30.0 Å². The van der Waals surface area contributed by atoms with Crippen molar-refractivity contribution < 1.29 is 14.3 Å². The molecule has 0 spiro atoms. The van der Waals surface area contributed by atoms with Gasteiger partial charge in [-0.25, -0.2) is 0 Å². The summed E-state index contributed by atoms with van der Waals surface area (Å²) in [5.41, 5.74) is 8.64. The van der Waals surface area contributed by atoms with E-state index < -0.39 is 6.04 Å². The molecule has 3 rings (SSSR count). The molecule has 2 unspecified atom stereocenters. The Morgan fingerprint density at radius 1 is 1.32 bits per heavy atom. The summed E-state index contributed by atoms with van der Waals surface area (Å²) in [6.45, 7) is 3.33. The number of hydrogen-bond acceptors (Lipinski definition) is 4. The molecule has 1 fully saturated rings. The summed E-state index contributed by atoms with van der Waals surface area (Å²) in [7, 11) is 0. The number of rotatable bonds is 6. The van der Waals surface area contributed by atoms with E-state index in [1.807, 2.05) is 49.4 Å². The summed E-state index contributed by atoms with van der Waals surface area (Å²) in [5.74, 6) is 0.456. The first-order valence-corrected chi connectivity index (χ1v) is 8.59. The molecule has 2 aromatic rings. The Morgan fingerprint density at radius 2 is 2.12 bits per heavy atom. The Labute approximate surface area is 148 Å². The van der Waals surface area contributed by atoms with Gasteiger partial charge >= 0.3 is 0 Å². The van der Waals surface area contributed by atoms with Gasteiger partial charge in [0.1, 0.15) is 18.4 Å². The summed E-state index contributed by atoms with van der Waals surface area (Å²) in [6, 6.07) is 14.3. The SMILES string of the molecule is Cc1ccc(C(N)C(=O)Nc2cccc(OCC3CCCO3)c2)cc1. The van der Waals surface area contributed by atoms with Gasteiger partial charge in [0.05, 0.1) is 6.10 Å². The van der Waals surface area contributed by atoms with Crippen LogP contribution in [0, 0.1) is 6.92 Å². The lowest BCUT2D eigenvalue weighted by Crippen LogP contribution is -2.27. The van der Waals surface area contributed by atoms with Gasteiger partial charge in [0.2, 0.25) is 5.91 Å². The van der Waals surface area contributed by atoms with Crippen LogP contribution in [0.2, 0.25) is 0 Å². The van der Waals surface area contributed by atoms with Gasteiger partial charge < -0.3 is 20.5 Å². The van der Waals surface area contributed by atoms with E-state index >= 15 is 0 Å². The molecule has 0 aliphatic carbocycles. The van der Waals surface area contributed by atoms with E-state index in [1.165, 1.54) is 0 Å². The molecule has 2 atom stereocenters. The van der Waals surface area contributed by atoms with Crippen molar-refractivity contribution in [1.29, 1.82) is 0 Å². The molecular weight excluding hydrogens is 316 g/mol. The van der Waals surface area contributed by atoms with Crippen molar-refractivity contribution in [2.24, 2.45) is 5.73 Å². The molecule has 5 nitrogen and oxygen atoms in total. The van der Waals surface area contributed by atoms with E-state index in [4.69, 9.17) is 15.2 Å². The highest BCUT2D eigenvalue weighted by molar-refractivity contribution is 5.95. The van der Waals surface area contributed by atoms with Crippen molar-refractivity contribution in [1.82, 2.24) is 0 Å². The molecule has 1 saturated heterocycles. The fourth-order valence-electron chi connectivity index (χ4n) is 2.77. The molecule has 3 N–H and O–H groups in total. The zero-order chi connectivity index (χ0) is 17.6. The first-order chi connectivity index (χ1) is 12.1. The number of carbonyl (C=O) groups is 1. The maximum absolute atomic E-state index is 12.4. The lowest BCUT2D eigenvalue weighted by Gasteiger charge is -2.15. The predicted octanol–water partition coefficient (Wildman–Crippen LogP) is 3.19. The lowest BCUT2D eigenvalue weighted by atomic mass is 10.1. The van der Waals surface area contributed by atoms with E-state index in [-0.39, 0.29) is 12.0 Å². The van der Waals surface area contributed by atoms with Gasteiger partial charge in [-0.15, -0.1) is 0 Å². The van der Waals surface area contributed by atoms with Gasteiger partial charge in [0.15, 0.2) is 0 Å². The first kappa shape index (κ1) is 17.5. The second-order valence-electron chi connectivity index (χ2n) is 6.35. The highest BCUT2D eigenvalue weighted by Crippen LogP contribution is 2.21. The standard InChI is InChI=1S/C20H24N2O3/c1-14-7-9-15(10-8-14)19(21)20(23)22-16-4-2-5-17(12-16)25-13-18-6-3-11-24-18/h2,4-5,7-10,12,18-19H,3,6,11,13,21H2,1H3,(H,22,23). The van der Waals surface area contributed by atoms with E-state index in [9.17, 15) is 4.79 Å². The second-order valence-corrected chi connectivity index (χ2v) is 6.35. The van der Waals surface area contributed by atoms with Crippen LogP contribution < -0.4 is 15.8 Å². The molecule has 1 aliphatic rings. The second kappa shape index (κ2) is 8.14. The number of amides is 1. The van der Waals surface area contributed by atoms with Crippen LogP contribution in [0.4, 0.5) is 5.69 Å².